The molecule has 198 valence electrons. The first-order valence-corrected chi connectivity index (χ1v) is 13.5. The van der Waals surface area contributed by atoms with E-state index < -0.39 is 5.91 Å². The number of benzene rings is 2. The van der Waals surface area contributed by atoms with Gasteiger partial charge in [0.2, 0.25) is 0 Å². The number of aromatic nitrogens is 2. The Bertz CT molecular complexity index is 1520. The number of hydrogen-bond donors (Lipinski definition) is 0. The van der Waals surface area contributed by atoms with Gasteiger partial charge in [0, 0.05) is 28.9 Å². The van der Waals surface area contributed by atoms with Crippen LogP contribution in [0.1, 0.15) is 57.1 Å². The summed E-state index contributed by atoms with van der Waals surface area (Å²) in [7, 11) is 0. The molecule has 0 radical (unpaired) electrons. The quantitative estimate of drug-likeness (QED) is 0.275. The molecule has 7 nitrogen and oxygen atoms in total. The summed E-state index contributed by atoms with van der Waals surface area (Å²) in [6, 6.07) is 17.6. The average Bonchev–Trinajstić information content (AvgIpc) is 3.62. The maximum absolute atomic E-state index is 13.8. The molecule has 39 heavy (non-hydrogen) atoms. The highest BCUT2D eigenvalue weighted by Crippen LogP contribution is 2.35. The van der Waals surface area contributed by atoms with E-state index in [0.717, 1.165) is 60.2 Å². The lowest BCUT2D eigenvalue weighted by molar-refractivity contribution is -0.143. The third-order valence-corrected chi connectivity index (χ3v) is 7.44. The van der Waals surface area contributed by atoms with Crippen LogP contribution in [0, 0.1) is 18.3 Å². The second-order valence-electron chi connectivity index (χ2n) is 10.1. The summed E-state index contributed by atoms with van der Waals surface area (Å²) in [5, 5.41) is 14.8. The minimum Gasteiger partial charge on any atom is -0.493 e. The molecule has 2 heterocycles. The van der Waals surface area contributed by atoms with Crippen LogP contribution in [0.2, 0.25) is 0 Å². The molecule has 0 saturated heterocycles. The number of amides is 2. The third kappa shape index (κ3) is 5.03. The first-order chi connectivity index (χ1) is 18.9. The number of rotatable bonds is 7. The van der Waals surface area contributed by atoms with E-state index >= 15 is 0 Å². The van der Waals surface area contributed by atoms with Crippen molar-refractivity contribution in [2.75, 3.05) is 6.61 Å². The molecular formula is C32H32N4O3. The summed E-state index contributed by atoms with van der Waals surface area (Å²) in [5.74, 6) is -0.00235. The van der Waals surface area contributed by atoms with Crippen LogP contribution in [0.25, 0.3) is 23.0 Å². The van der Waals surface area contributed by atoms with Gasteiger partial charge in [-0.1, -0.05) is 38.0 Å². The summed E-state index contributed by atoms with van der Waals surface area (Å²) in [6.45, 7) is 6.40. The van der Waals surface area contributed by atoms with Crippen molar-refractivity contribution < 1.29 is 14.3 Å². The van der Waals surface area contributed by atoms with E-state index in [4.69, 9.17) is 9.84 Å². The predicted molar refractivity (Wildman–Crippen MR) is 150 cm³/mol. The molecule has 1 aliphatic carbocycles. The number of imide groups is 1. The molecule has 1 fully saturated rings. The molecule has 1 aromatic heterocycles. The Kier molecular flexibility index (Phi) is 7.47. The maximum atomic E-state index is 13.8. The van der Waals surface area contributed by atoms with Gasteiger partial charge in [0.25, 0.3) is 11.8 Å². The highest BCUT2D eigenvalue weighted by Gasteiger charge is 2.40. The Labute approximate surface area is 229 Å². The highest BCUT2D eigenvalue weighted by atomic mass is 16.5. The first kappa shape index (κ1) is 26.2. The van der Waals surface area contributed by atoms with Gasteiger partial charge < -0.3 is 4.74 Å². The first-order valence-electron chi connectivity index (χ1n) is 13.5. The van der Waals surface area contributed by atoms with Gasteiger partial charge in [-0.3, -0.25) is 14.5 Å². The molecule has 1 saturated carbocycles. The van der Waals surface area contributed by atoms with Gasteiger partial charge >= 0.3 is 0 Å². The lowest BCUT2D eigenvalue weighted by Crippen LogP contribution is -2.47. The number of hydrogen-bond acceptors (Lipinski definition) is 5. The van der Waals surface area contributed by atoms with Crippen LogP contribution in [0.15, 0.2) is 71.4 Å². The Balaban J connectivity index is 1.65. The summed E-state index contributed by atoms with van der Waals surface area (Å²) in [6.07, 6.45) is 8.07. The molecule has 3 aromatic rings. The van der Waals surface area contributed by atoms with Crippen molar-refractivity contribution in [2.24, 2.45) is 0 Å². The van der Waals surface area contributed by atoms with Crippen molar-refractivity contribution in [2.45, 2.75) is 58.9 Å². The third-order valence-electron chi connectivity index (χ3n) is 7.44. The monoisotopic (exact) mass is 520 g/mol. The summed E-state index contributed by atoms with van der Waals surface area (Å²) in [4.78, 5) is 28.2. The molecule has 0 N–H and O–H groups in total. The number of nitriles is 1. The molecule has 2 amide bonds. The smallest absolute Gasteiger partial charge is 0.271 e. The second kappa shape index (κ2) is 11.1. The van der Waals surface area contributed by atoms with Crippen molar-refractivity contribution in [3.8, 4) is 28.8 Å². The lowest BCUT2D eigenvalue weighted by Gasteiger charge is -2.32. The van der Waals surface area contributed by atoms with Crippen LogP contribution < -0.4 is 4.74 Å². The van der Waals surface area contributed by atoms with Gasteiger partial charge in [-0.25, -0.2) is 4.68 Å². The van der Waals surface area contributed by atoms with Gasteiger partial charge in [-0.15, -0.1) is 0 Å². The normalized spacial score (nSPS) is 17.3. The second-order valence-corrected chi connectivity index (χ2v) is 10.1. The summed E-state index contributed by atoms with van der Waals surface area (Å²) < 4.78 is 7.66. The molecule has 7 heteroatoms. The maximum Gasteiger partial charge on any atom is 0.271 e. The number of carbonyl (C=O) groups is 2. The molecule has 0 unspecified atom stereocenters. The Morgan fingerprint density at radius 3 is 2.49 bits per heavy atom. The van der Waals surface area contributed by atoms with Crippen LogP contribution in [0.5, 0.6) is 5.75 Å². The molecule has 1 aliphatic heterocycles. The molecule has 5 rings (SSSR count). The zero-order valence-electron chi connectivity index (χ0n) is 22.6. The van der Waals surface area contributed by atoms with Crippen LogP contribution in [-0.4, -0.2) is 39.1 Å². The fraction of sp³-hybridized carbons (Fsp3) is 0.312. The standard InChI is InChI=1S/C32H32N4O3/c1-4-16-39-29-15-14-23(17-21(29)2)30-24(20-35(34-30)25-10-6-5-7-11-25)18-27-22(3)28(19-33)32(38)36(31(27)37)26-12-8-9-13-26/h5-7,10-11,14-15,17-18,20,26H,4,8-9,12-13,16H2,1-3H3/b27-18+. The fourth-order valence-corrected chi connectivity index (χ4v) is 5.35. The van der Waals surface area contributed by atoms with Gasteiger partial charge in [0.05, 0.1) is 18.0 Å². The fourth-order valence-electron chi connectivity index (χ4n) is 5.35. The van der Waals surface area contributed by atoms with E-state index in [0.29, 0.717) is 23.4 Å². The van der Waals surface area contributed by atoms with Crippen LogP contribution >= 0.6 is 0 Å². The number of aryl methyl sites for hydroxylation is 1. The average molecular weight is 521 g/mol. The van der Waals surface area contributed by atoms with E-state index in [2.05, 4.69) is 13.0 Å². The van der Waals surface area contributed by atoms with Gasteiger partial charge in [-0.05, 0) is 80.7 Å². The number of carbonyl (C=O) groups excluding carboxylic acids is 2. The number of nitrogens with zero attached hydrogens (tertiary/aromatic N) is 4. The predicted octanol–water partition coefficient (Wildman–Crippen LogP) is 6.17. The van der Waals surface area contributed by atoms with E-state index in [1.165, 1.54) is 4.90 Å². The molecule has 0 spiro atoms. The Morgan fingerprint density at radius 1 is 1.08 bits per heavy atom. The molecule has 0 atom stereocenters. The molecular weight excluding hydrogens is 488 g/mol. The SMILES string of the molecule is CCCOc1ccc(-c2nn(-c3ccccc3)cc2/C=C2/C(=O)N(C3CCCC3)C(=O)C(C#N)=C2C)cc1C. The topological polar surface area (TPSA) is 88.2 Å². The summed E-state index contributed by atoms with van der Waals surface area (Å²) in [5.41, 5.74) is 4.95. The Hall–Kier alpha value is -4.44. The van der Waals surface area contributed by atoms with E-state index in [9.17, 15) is 14.9 Å². The van der Waals surface area contributed by atoms with E-state index in [1.54, 1.807) is 17.7 Å². The molecule has 2 aliphatic rings. The van der Waals surface area contributed by atoms with Crippen molar-refractivity contribution in [3.63, 3.8) is 0 Å². The molecule has 0 bridgehead atoms. The van der Waals surface area contributed by atoms with Crippen LogP contribution in [0.4, 0.5) is 0 Å². The van der Waals surface area contributed by atoms with Gasteiger partial charge in [0.15, 0.2) is 0 Å². The van der Waals surface area contributed by atoms with Gasteiger partial charge in [0.1, 0.15) is 17.4 Å². The minimum atomic E-state index is -0.484. The van der Waals surface area contributed by atoms with Crippen molar-refractivity contribution in [1.82, 2.24) is 14.7 Å². The van der Waals surface area contributed by atoms with Gasteiger partial charge in [-0.2, -0.15) is 10.4 Å². The lowest BCUT2D eigenvalue weighted by atomic mass is 9.92. The number of para-hydroxylation sites is 1. The Morgan fingerprint density at radius 2 is 1.82 bits per heavy atom. The zero-order valence-corrected chi connectivity index (χ0v) is 22.6. The van der Waals surface area contributed by atoms with Crippen molar-refractivity contribution in [3.05, 3.63) is 82.6 Å². The van der Waals surface area contributed by atoms with Crippen molar-refractivity contribution in [1.29, 1.82) is 5.26 Å². The summed E-state index contributed by atoms with van der Waals surface area (Å²) >= 11 is 0. The van der Waals surface area contributed by atoms with E-state index in [-0.39, 0.29) is 17.5 Å². The van der Waals surface area contributed by atoms with Crippen LogP contribution in [-0.2, 0) is 9.59 Å². The van der Waals surface area contributed by atoms with E-state index in [1.807, 2.05) is 61.7 Å². The number of ether oxygens (including phenoxy) is 1. The zero-order chi connectivity index (χ0) is 27.5. The van der Waals surface area contributed by atoms with Crippen molar-refractivity contribution >= 4 is 17.9 Å². The largest absolute Gasteiger partial charge is 0.493 e. The highest BCUT2D eigenvalue weighted by molar-refractivity contribution is 6.20. The van der Waals surface area contributed by atoms with Crippen LogP contribution in [0.3, 0.4) is 0 Å². The minimum absolute atomic E-state index is 0.0259. The molecule has 2 aromatic carbocycles.